The quantitative estimate of drug-likeness (QED) is 0.386. The molecule has 0 spiro atoms. The lowest BCUT2D eigenvalue weighted by Crippen LogP contribution is -2.49. The van der Waals surface area contributed by atoms with E-state index in [2.05, 4.69) is 4.57 Å². The molecule has 7 heteroatoms. The number of amides is 1. The number of hydrogen-bond acceptors (Lipinski definition) is 3. The van der Waals surface area contributed by atoms with Crippen LogP contribution in [0.25, 0.3) is 11.0 Å². The molecule has 3 aromatic carbocycles. The van der Waals surface area contributed by atoms with Gasteiger partial charge in [0.1, 0.15) is 11.6 Å². The van der Waals surface area contributed by atoms with Gasteiger partial charge in [-0.3, -0.25) is 4.79 Å². The lowest BCUT2D eigenvalue weighted by molar-refractivity contribution is -0.131. The van der Waals surface area contributed by atoms with Crippen LogP contribution in [-0.4, -0.2) is 46.5 Å². The van der Waals surface area contributed by atoms with Crippen LogP contribution in [0.5, 0.6) is 0 Å². The standard InChI is InChI=1S/C27H26ClFN4O/c28-21-8-2-1-7-20(21)19-26-30-23-10-4-6-12-25(23)33(26)14-13-27(34)32-17-15-31(16-18-32)24-11-5-3-9-22(24)29/h1-12H,13-19H2. The number of carbonyl (C=O) groups is 1. The van der Waals surface area contributed by atoms with Crippen molar-refractivity contribution in [1.29, 1.82) is 0 Å². The molecule has 5 nitrogen and oxygen atoms in total. The van der Waals surface area contributed by atoms with Gasteiger partial charge in [-0.25, -0.2) is 9.37 Å². The second kappa shape index (κ2) is 9.85. The maximum atomic E-state index is 14.1. The van der Waals surface area contributed by atoms with E-state index in [0.717, 1.165) is 22.4 Å². The third kappa shape index (κ3) is 4.64. The normalized spacial score (nSPS) is 14.1. The minimum atomic E-state index is -0.222. The van der Waals surface area contributed by atoms with Crippen molar-refractivity contribution in [1.82, 2.24) is 14.5 Å². The van der Waals surface area contributed by atoms with Gasteiger partial charge in [-0.05, 0) is 35.9 Å². The van der Waals surface area contributed by atoms with E-state index in [9.17, 15) is 9.18 Å². The van der Waals surface area contributed by atoms with Crippen LogP contribution in [0.3, 0.4) is 0 Å². The fourth-order valence-corrected chi connectivity index (χ4v) is 4.80. The maximum Gasteiger partial charge on any atom is 0.224 e. The Hall–Kier alpha value is -3.38. The van der Waals surface area contributed by atoms with Gasteiger partial charge in [-0.1, -0.05) is 54.1 Å². The molecule has 1 aliphatic rings. The molecule has 5 rings (SSSR count). The molecule has 0 bridgehead atoms. The molecule has 34 heavy (non-hydrogen) atoms. The lowest BCUT2D eigenvalue weighted by Gasteiger charge is -2.36. The molecule has 0 atom stereocenters. The number of benzene rings is 3. The number of para-hydroxylation sites is 3. The number of piperazine rings is 1. The van der Waals surface area contributed by atoms with Crippen molar-refractivity contribution in [2.45, 2.75) is 19.4 Å². The largest absolute Gasteiger partial charge is 0.366 e. The summed E-state index contributed by atoms with van der Waals surface area (Å²) >= 11 is 6.39. The Morgan fingerprint density at radius 2 is 1.62 bits per heavy atom. The lowest BCUT2D eigenvalue weighted by atomic mass is 10.1. The zero-order valence-corrected chi connectivity index (χ0v) is 19.6. The van der Waals surface area contributed by atoms with Crippen molar-refractivity contribution < 1.29 is 9.18 Å². The van der Waals surface area contributed by atoms with Gasteiger partial charge >= 0.3 is 0 Å². The summed E-state index contributed by atoms with van der Waals surface area (Å²) in [4.78, 5) is 21.8. The van der Waals surface area contributed by atoms with E-state index in [-0.39, 0.29) is 11.7 Å². The average Bonchev–Trinajstić information content (AvgIpc) is 3.21. The fourth-order valence-electron chi connectivity index (χ4n) is 4.59. The van der Waals surface area contributed by atoms with Crippen molar-refractivity contribution in [2.75, 3.05) is 31.1 Å². The second-order valence-electron chi connectivity index (χ2n) is 8.51. The highest BCUT2D eigenvalue weighted by molar-refractivity contribution is 6.31. The smallest absolute Gasteiger partial charge is 0.224 e. The average molecular weight is 477 g/mol. The van der Waals surface area contributed by atoms with Gasteiger partial charge in [-0.2, -0.15) is 0 Å². The number of nitrogens with zero attached hydrogens (tertiary/aromatic N) is 4. The summed E-state index contributed by atoms with van der Waals surface area (Å²) in [7, 11) is 0. The molecule has 1 saturated heterocycles. The molecule has 1 amide bonds. The Kier molecular flexibility index (Phi) is 6.50. The first-order valence-corrected chi connectivity index (χ1v) is 11.9. The van der Waals surface area contributed by atoms with E-state index in [0.29, 0.717) is 56.3 Å². The predicted molar refractivity (Wildman–Crippen MR) is 134 cm³/mol. The monoisotopic (exact) mass is 476 g/mol. The highest BCUT2D eigenvalue weighted by Gasteiger charge is 2.23. The number of fused-ring (bicyclic) bond motifs is 1. The van der Waals surface area contributed by atoms with E-state index in [4.69, 9.17) is 16.6 Å². The van der Waals surface area contributed by atoms with Gasteiger partial charge in [0.15, 0.2) is 0 Å². The molecule has 0 unspecified atom stereocenters. The zero-order chi connectivity index (χ0) is 23.5. The topological polar surface area (TPSA) is 41.4 Å². The van der Waals surface area contributed by atoms with Crippen molar-refractivity contribution in [3.8, 4) is 0 Å². The van der Waals surface area contributed by atoms with Crippen molar-refractivity contribution in [2.24, 2.45) is 0 Å². The molecular weight excluding hydrogens is 451 g/mol. The van der Waals surface area contributed by atoms with Crippen LogP contribution in [0, 0.1) is 5.82 Å². The van der Waals surface area contributed by atoms with Crippen LogP contribution in [0.15, 0.2) is 72.8 Å². The SMILES string of the molecule is O=C(CCn1c(Cc2ccccc2Cl)nc2ccccc21)N1CCN(c2ccccc2F)CC1. The van der Waals surface area contributed by atoms with Crippen LogP contribution in [0.4, 0.5) is 10.1 Å². The Morgan fingerprint density at radius 1 is 0.912 bits per heavy atom. The third-order valence-corrected chi connectivity index (χ3v) is 6.78. The number of imidazole rings is 1. The Morgan fingerprint density at radius 3 is 2.41 bits per heavy atom. The van der Waals surface area contributed by atoms with Crippen LogP contribution < -0.4 is 4.90 Å². The van der Waals surface area contributed by atoms with Crippen molar-refractivity contribution >= 4 is 34.2 Å². The molecule has 1 fully saturated rings. The number of aryl methyl sites for hydroxylation is 1. The molecular formula is C27H26ClFN4O. The van der Waals surface area contributed by atoms with Crippen LogP contribution in [-0.2, 0) is 17.8 Å². The number of hydrogen-bond donors (Lipinski definition) is 0. The summed E-state index contributed by atoms with van der Waals surface area (Å²) < 4.78 is 16.2. The minimum absolute atomic E-state index is 0.106. The molecule has 0 saturated carbocycles. The fraction of sp³-hybridized carbons (Fsp3) is 0.259. The number of carbonyl (C=O) groups excluding carboxylic acids is 1. The van der Waals surface area contributed by atoms with Gasteiger partial charge < -0.3 is 14.4 Å². The molecule has 0 aliphatic carbocycles. The number of halogens is 2. The van der Waals surface area contributed by atoms with Crippen molar-refractivity contribution in [3.63, 3.8) is 0 Å². The summed E-state index contributed by atoms with van der Waals surface area (Å²) in [6.45, 7) is 2.97. The highest BCUT2D eigenvalue weighted by Crippen LogP contribution is 2.24. The first-order chi connectivity index (χ1) is 16.6. The summed E-state index contributed by atoms with van der Waals surface area (Å²) in [6, 6.07) is 22.6. The van der Waals surface area contributed by atoms with E-state index >= 15 is 0 Å². The van der Waals surface area contributed by atoms with E-state index in [1.807, 2.05) is 64.4 Å². The van der Waals surface area contributed by atoms with E-state index in [1.165, 1.54) is 6.07 Å². The van der Waals surface area contributed by atoms with E-state index < -0.39 is 0 Å². The minimum Gasteiger partial charge on any atom is -0.366 e. The summed E-state index contributed by atoms with van der Waals surface area (Å²) in [5, 5.41) is 0.713. The molecule has 0 N–H and O–H groups in total. The number of aromatic nitrogens is 2. The molecule has 2 heterocycles. The highest BCUT2D eigenvalue weighted by atomic mass is 35.5. The summed E-state index contributed by atoms with van der Waals surface area (Å²) in [5.74, 6) is 0.779. The summed E-state index contributed by atoms with van der Waals surface area (Å²) in [6.07, 6.45) is 0.986. The van der Waals surface area contributed by atoms with Gasteiger partial charge in [0.25, 0.3) is 0 Å². The molecule has 4 aromatic rings. The Bertz CT molecular complexity index is 1310. The van der Waals surface area contributed by atoms with Gasteiger partial charge in [0.05, 0.1) is 16.7 Å². The zero-order valence-electron chi connectivity index (χ0n) is 18.8. The van der Waals surface area contributed by atoms with Gasteiger partial charge in [0, 0.05) is 50.6 Å². The molecule has 174 valence electrons. The first-order valence-electron chi connectivity index (χ1n) is 11.5. The van der Waals surface area contributed by atoms with Crippen LogP contribution in [0.1, 0.15) is 17.8 Å². The van der Waals surface area contributed by atoms with E-state index in [1.54, 1.807) is 12.1 Å². The van der Waals surface area contributed by atoms with Crippen molar-refractivity contribution in [3.05, 3.63) is 95.0 Å². The Labute approximate surface area is 203 Å². The third-order valence-electron chi connectivity index (χ3n) is 6.41. The van der Waals surface area contributed by atoms with Gasteiger partial charge in [-0.15, -0.1) is 0 Å². The number of rotatable bonds is 6. The summed E-state index contributed by atoms with van der Waals surface area (Å²) in [5.41, 5.74) is 3.54. The predicted octanol–water partition coefficient (Wildman–Crippen LogP) is 5.16. The molecule has 1 aliphatic heterocycles. The Balaban J connectivity index is 1.27. The van der Waals surface area contributed by atoms with Crippen LogP contribution in [0.2, 0.25) is 5.02 Å². The molecule has 1 aromatic heterocycles. The maximum absolute atomic E-state index is 14.1. The van der Waals surface area contributed by atoms with Crippen LogP contribution >= 0.6 is 11.6 Å². The second-order valence-corrected chi connectivity index (χ2v) is 8.91. The van der Waals surface area contributed by atoms with Gasteiger partial charge in [0.2, 0.25) is 5.91 Å². The number of anilines is 1. The first kappa shape index (κ1) is 22.4. The molecule has 0 radical (unpaired) electrons.